The van der Waals surface area contributed by atoms with Crippen molar-refractivity contribution >= 4 is 23.4 Å². The Labute approximate surface area is 204 Å². The zero-order valence-electron chi connectivity index (χ0n) is 19.2. The maximum atomic E-state index is 13.3. The first-order valence-corrected chi connectivity index (χ1v) is 12.1. The fourth-order valence-corrected chi connectivity index (χ4v) is 4.89. The second-order valence-electron chi connectivity index (χ2n) is 9.14. The SMILES string of the molecule is O=C(CC1(COc2ccc(F)cc2)CCCN(C(=O)Cc2cccc(Cl)c2)C1)N1CCOCC1. The van der Waals surface area contributed by atoms with Gasteiger partial charge in [-0.15, -0.1) is 0 Å². The van der Waals surface area contributed by atoms with Crippen molar-refractivity contribution in [2.24, 2.45) is 5.41 Å². The average molecular weight is 489 g/mol. The summed E-state index contributed by atoms with van der Waals surface area (Å²) in [6.07, 6.45) is 2.09. The molecule has 0 N–H and O–H groups in total. The van der Waals surface area contributed by atoms with Crippen LogP contribution in [0.3, 0.4) is 0 Å². The Kier molecular flexibility index (Phi) is 8.06. The fraction of sp³-hybridized carbons (Fsp3) is 0.462. The van der Waals surface area contributed by atoms with Gasteiger partial charge in [-0.05, 0) is 54.8 Å². The van der Waals surface area contributed by atoms with Crippen molar-refractivity contribution in [1.29, 1.82) is 0 Å². The number of carbonyl (C=O) groups is 2. The lowest BCUT2D eigenvalue weighted by molar-refractivity contribution is -0.143. The standard InChI is InChI=1S/C26H30ClFN2O4/c27-21-4-1-3-20(15-21)16-24(31)30-10-2-9-26(18-30,17-25(32)29-11-13-33-14-12-29)19-34-23-7-5-22(28)6-8-23/h1,3-8,15H,2,9-14,16-19H2. The van der Waals surface area contributed by atoms with Crippen molar-refractivity contribution in [3.63, 3.8) is 0 Å². The summed E-state index contributed by atoms with van der Waals surface area (Å²) < 4.78 is 24.7. The lowest BCUT2D eigenvalue weighted by atomic mass is 9.77. The van der Waals surface area contributed by atoms with Crippen LogP contribution >= 0.6 is 11.6 Å². The predicted octanol–water partition coefficient (Wildman–Crippen LogP) is 3.96. The normalized spacial score (nSPS) is 20.8. The van der Waals surface area contributed by atoms with Gasteiger partial charge in [-0.25, -0.2) is 4.39 Å². The molecule has 4 rings (SSSR count). The van der Waals surface area contributed by atoms with Crippen molar-refractivity contribution in [3.05, 3.63) is 64.9 Å². The Hall–Kier alpha value is -2.64. The van der Waals surface area contributed by atoms with E-state index in [0.29, 0.717) is 50.2 Å². The molecule has 2 saturated heterocycles. The summed E-state index contributed by atoms with van der Waals surface area (Å²) in [6.45, 7) is 3.57. The van der Waals surface area contributed by atoms with E-state index in [2.05, 4.69) is 0 Å². The average Bonchev–Trinajstić information content (AvgIpc) is 2.84. The van der Waals surface area contributed by atoms with E-state index >= 15 is 0 Å². The third-order valence-electron chi connectivity index (χ3n) is 6.51. The summed E-state index contributed by atoms with van der Waals surface area (Å²) in [5, 5.41) is 0.599. The quantitative estimate of drug-likeness (QED) is 0.592. The van der Waals surface area contributed by atoms with Gasteiger partial charge in [-0.2, -0.15) is 0 Å². The molecule has 1 atom stereocenters. The van der Waals surface area contributed by atoms with Gasteiger partial charge in [0, 0.05) is 43.0 Å². The summed E-state index contributed by atoms with van der Waals surface area (Å²) >= 11 is 6.08. The minimum Gasteiger partial charge on any atom is -0.493 e. The third kappa shape index (κ3) is 6.48. The number of carbonyl (C=O) groups excluding carboxylic acids is 2. The molecule has 182 valence electrons. The van der Waals surface area contributed by atoms with Gasteiger partial charge in [0.25, 0.3) is 0 Å². The number of hydrogen-bond donors (Lipinski definition) is 0. The summed E-state index contributed by atoms with van der Waals surface area (Å²) in [7, 11) is 0. The van der Waals surface area contributed by atoms with Gasteiger partial charge in [0.2, 0.25) is 11.8 Å². The number of piperidine rings is 1. The molecule has 0 aliphatic carbocycles. The molecule has 2 aromatic carbocycles. The molecule has 0 spiro atoms. The number of halogens is 2. The minimum atomic E-state index is -0.522. The molecule has 0 bridgehead atoms. The largest absolute Gasteiger partial charge is 0.493 e. The topological polar surface area (TPSA) is 59.1 Å². The van der Waals surface area contributed by atoms with Crippen LogP contribution in [0.15, 0.2) is 48.5 Å². The highest BCUT2D eigenvalue weighted by Crippen LogP contribution is 2.36. The molecule has 6 nitrogen and oxygen atoms in total. The third-order valence-corrected chi connectivity index (χ3v) is 6.74. The molecule has 2 amide bonds. The Bertz CT molecular complexity index is 997. The van der Waals surface area contributed by atoms with Gasteiger partial charge in [0.15, 0.2) is 0 Å². The van der Waals surface area contributed by atoms with Crippen LogP contribution in [0.2, 0.25) is 5.02 Å². The number of hydrogen-bond acceptors (Lipinski definition) is 4. The lowest BCUT2D eigenvalue weighted by Gasteiger charge is -2.43. The number of nitrogens with zero attached hydrogens (tertiary/aromatic N) is 2. The number of rotatable bonds is 7. The highest BCUT2D eigenvalue weighted by Gasteiger charge is 2.41. The molecule has 0 radical (unpaired) electrons. The van der Waals surface area contributed by atoms with E-state index in [-0.39, 0.29) is 37.1 Å². The Morgan fingerprint density at radius 1 is 1.03 bits per heavy atom. The molecule has 2 aliphatic heterocycles. The van der Waals surface area contributed by atoms with Crippen LogP contribution in [0.4, 0.5) is 4.39 Å². The summed E-state index contributed by atoms with van der Waals surface area (Å²) in [5.74, 6) is 0.268. The second-order valence-corrected chi connectivity index (χ2v) is 9.57. The fourth-order valence-electron chi connectivity index (χ4n) is 4.68. The molecule has 34 heavy (non-hydrogen) atoms. The molecule has 2 heterocycles. The molecule has 2 fully saturated rings. The summed E-state index contributed by atoms with van der Waals surface area (Å²) in [4.78, 5) is 30.0. The smallest absolute Gasteiger partial charge is 0.227 e. The summed E-state index contributed by atoms with van der Waals surface area (Å²) in [5.41, 5.74) is 0.340. The van der Waals surface area contributed by atoms with Gasteiger partial charge in [0.1, 0.15) is 11.6 Å². The Balaban J connectivity index is 1.48. The van der Waals surface area contributed by atoms with E-state index in [1.807, 2.05) is 21.9 Å². The van der Waals surface area contributed by atoms with Crippen LogP contribution in [0.1, 0.15) is 24.8 Å². The molecular formula is C26H30ClFN2O4. The highest BCUT2D eigenvalue weighted by molar-refractivity contribution is 6.30. The molecule has 2 aliphatic rings. The zero-order chi connectivity index (χ0) is 24.0. The van der Waals surface area contributed by atoms with Gasteiger partial charge in [-0.1, -0.05) is 23.7 Å². The first kappa shape index (κ1) is 24.5. The van der Waals surface area contributed by atoms with Crippen LogP contribution < -0.4 is 4.74 Å². The van der Waals surface area contributed by atoms with E-state index in [9.17, 15) is 14.0 Å². The van der Waals surface area contributed by atoms with Crippen molar-refractivity contribution in [2.45, 2.75) is 25.7 Å². The van der Waals surface area contributed by atoms with Gasteiger partial charge >= 0.3 is 0 Å². The first-order valence-electron chi connectivity index (χ1n) is 11.7. The van der Waals surface area contributed by atoms with Crippen molar-refractivity contribution in [3.8, 4) is 5.75 Å². The second kappa shape index (κ2) is 11.2. The molecule has 0 aromatic heterocycles. The number of likely N-dealkylation sites (tertiary alicyclic amines) is 1. The van der Waals surface area contributed by atoms with Crippen LogP contribution in [-0.4, -0.2) is 67.6 Å². The van der Waals surface area contributed by atoms with E-state index in [4.69, 9.17) is 21.1 Å². The van der Waals surface area contributed by atoms with E-state index in [0.717, 1.165) is 18.4 Å². The molecule has 1 unspecified atom stereocenters. The summed E-state index contributed by atoms with van der Waals surface area (Å²) in [6, 6.07) is 13.2. The number of morpholine rings is 1. The molecular weight excluding hydrogens is 459 g/mol. The number of benzene rings is 2. The van der Waals surface area contributed by atoms with Crippen LogP contribution in [0, 0.1) is 11.2 Å². The van der Waals surface area contributed by atoms with E-state index < -0.39 is 5.41 Å². The molecule has 2 aromatic rings. The number of amides is 2. The van der Waals surface area contributed by atoms with Crippen molar-refractivity contribution in [1.82, 2.24) is 9.80 Å². The van der Waals surface area contributed by atoms with Gasteiger partial charge in [-0.3, -0.25) is 9.59 Å². The van der Waals surface area contributed by atoms with Gasteiger partial charge < -0.3 is 19.3 Å². The zero-order valence-corrected chi connectivity index (χ0v) is 19.9. The van der Waals surface area contributed by atoms with Gasteiger partial charge in [0.05, 0.1) is 26.2 Å². The Morgan fingerprint density at radius 3 is 2.53 bits per heavy atom. The van der Waals surface area contributed by atoms with Crippen LogP contribution in [-0.2, 0) is 20.7 Å². The van der Waals surface area contributed by atoms with Crippen LogP contribution in [0.5, 0.6) is 5.75 Å². The minimum absolute atomic E-state index is 0.00643. The predicted molar refractivity (Wildman–Crippen MR) is 127 cm³/mol. The highest BCUT2D eigenvalue weighted by atomic mass is 35.5. The first-order chi connectivity index (χ1) is 16.4. The van der Waals surface area contributed by atoms with E-state index in [1.54, 1.807) is 24.3 Å². The van der Waals surface area contributed by atoms with Crippen molar-refractivity contribution in [2.75, 3.05) is 46.0 Å². The molecule has 0 saturated carbocycles. The monoisotopic (exact) mass is 488 g/mol. The van der Waals surface area contributed by atoms with E-state index in [1.165, 1.54) is 12.1 Å². The van der Waals surface area contributed by atoms with Crippen molar-refractivity contribution < 1.29 is 23.5 Å². The maximum Gasteiger partial charge on any atom is 0.227 e. The lowest BCUT2D eigenvalue weighted by Crippen LogP contribution is -2.52. The Morgan fingerprint density at radius 2 is 1.79 bits per heavy atom. The van der Waals surface area contributed by atoms with Crippen LogP contribution in [0.25, 0.3) is 0 Å². The maximum absolute atomic E-state index is 13.3. The molecule has 8 heteroatoms. The number of ether oxygens (including phenoxy) is 2.